The fraction of sp³-hybridized carbons (Fsp3) is 0.286. The van der Waals surface area contributed by atoms with E-state index in [0.717, 1.165) is 23.2 Å². The van der Waals surface area contributed by atoms with Gasteiger partial charge >= 0.3 is 0 Å². The Hall–Kier alpha value is -2.73. The first-order chi connectivity index (χ1) is 12.6. The standard InChI is InChI=1S/C14H14N6O4S2/c1-2-11-18-19-13(26-11)16-9(21)7-25-14-20-17-10(24-14)6-15-12(22)8-4-3-5-23-8/h3-5H,2,6-7H2,1H3,(H,15,22)(H,16,19,21). The number of rotatable bonds is 8. The van der Waals surface area contributed by atoms with E-state index >= 15 is 0 Å². The molecular formula is C14H14N6O4S2. The number of aryl methyl sites for hydroxylation is 1. The predicted octanol–water partition coefficient (Wildman–Crippen LogP) is 1.74. The molecule has 0 atom stereocenters. The van der Waals surface area contributed by atoms with Gasteiger partial charge in [0.25, 0.3) is 11.1 Å². The minimum absolute atomic E-state index is 0.0594. The number of carbonyl (C=O) groups is 2. The van der Waals surface area contributed by atoms with E-state index < -0.39 is 0 Å². The molecule has 3 heterocycles. The highest BCUT2D eigenvalue weighted by molar-refractivity contribution is 7.99. The van der Waals surface area contributed by atoms with Crippen LogP contribution in [-0.4, -0.2) is 38.0 Å². The van der Waals surface area contributed by atoms with Gasteiger partial charge in [0.1, 0.15) is 5.01 Å². The van der Waals surface area contributed by atoms with Crippen LogP contribution in [0.3, 0.4) is 0 Å². The van der Waals surface area contributed by atoms with Gasteiger partial charge in [-0.05, 0) is 18.6 Å². The number of amides is 2. The Kier molecular flexibility index (Phi) is 5.96. The van der Waals surface area contributed by atoms with Crippen molar-refractivity contribution >= 4 is 40.0 Å². The fourth-order valence-electron chi connectivity index (χ4n) is 1.75. The number of thioether (sulfide) groups is 1. The zero-order valence-corrected chi connectivity index (χ0v) is 15.2. The van der Waals surface area contributed by atoms with Gasteiger partial charge < -0.3 is 14.2 Å². The van der Waals surface area contributed by atoms with E-state index in [1.807, 2.05) is 6.92 Å². The number of anilines is 1. The van der Waals surface area contributed by atoms with E-state index in [0.29, 0.717) is 5.13 Å². The van der Waals surface area contributed by atoms with Gasteiger partial charge in [0.05, 0.1) is 18.6 Å². The molecule has 0 aliphatic heterocycles. The summed E-state index contributed by atoms with van der Waals surface area (Å²) in [4.78, 5) is 23.6. The van der Waals surface area contributed by atoms with Crippen LogP contribution in [0.2, 0.25) is 0 Å². The third kappa shape index (κ3) is 4.89. The Morgan fingerprint density at radius 2 is 2.15 bits per heavy atom. The number of furan rings is 1. The third-order valence-electron chi connectivity index (χ3n) is 2.94. The molecule has 0 saturated heterocycles. The van der Waals surface area contributed by atoms with Crippen LogP contribution < -0.4 is 10.6 Å². The smallest absolute Gasteiger partial charge is 0.287 e. The van der Waals surface area contributed by atoms with Crippen LogP contribution in [0.5, 0.6) is 0 Å². The monoisotopic (exact) mass is 394 g/mol. The summed E-state index contributed by atoms with van der Waals surface area (Å²) in [6.45, 7) is 2.02. The van der Waals surface area contributed by atoms with Crippen molar-refractivity contribution in [3.05, 3.63) is 35.1 Å². The molecule has 10 nitrogen and oxygen atoms in total. The van der Waals surface area contributed by atoms with Crippen molar-refractivity contribution in [1.29, 1.82) is 0 Å². The van der Waals surface area contributed by atoms with E-state index in [9.17, 15) is 9.59 Å². The Morgan fingerprint density at radius 1 is 1.27 bits per heavy atom. The highest BCUT2D eigenvalue weighted by atomic mass is 32.2. The lowest BCUT2D eigenvalue weighted by molar-refractivity contribution is -0.113. The maximum absolute atomic E-state index is 11.9. The summed E-state index contributed by atoms with van der Waals surface area (Å²) in [7, 11) is 0. The first-order valence-electron chi connectivity index (χ1n) is 7.53. The van der Waals surface area contributed by atoms with Crippen molar-refractivity contribution in [3.63, 3.8) is 0 Å². The molecule has 136 valence electrons. The fourth-order valence-corrected chi connectivity index (χ4v) is 3.02. The molecule has 0 bridgehead atoms. The number of nitrogens with one attached hydrogen (secondary N) is 2. The molecule has 0 aromatic carbocycles. The summed E-state index contributed by atoms with van der Waals surface area (Å²) in [6, 6.07) is 3.16. The molecule has 0 aliphatic rings. The maximum Gasteiger partial charge on any atom is 0.287 e. The van der Waals surface area contributed by atoms with Gasteiger partial charge in [0.15, 0.2) is 5.76 Å². The van der Waals surface area contributed by atoms with Crippen LogP contribution in [0, 0.1) is 0 Å². The number of aromatic nitrogens is 4. The van der Waals surface area contributed by atoms with E-state index in [2.05, 4.69) is 31.0 Å². The zero-order valence-electron chi connectivity index (χ0n) is 13.6. The molecule has 0 saturated carbocycles. The van der Waals surface area contributed by atoms with Crippen LogP contribution >= 0.6 is 23.1 Å². The lowest BCUT2D eigenvalue weighted by atomic mass is 10.4. The van der Waals surface area contributed by atoms with E-state index in [1.54, 1.807) is 12.1 Å². The van der Waals surface area contributed by atoms with Gasteiger partial charge in [-0.2, -0.15) is 0 Å². The molecule has 0 spiro atoms. The van der Waals surface area contributed by atoms with Crippen LogP contribution in [0.25, 0.3) is 0 Å². The van der Waals surface area contributed by atoms with Gasteiger partial charge in [-0.25, -0.2) is 0 Å². The average molecular weight is 394 g/mol. The molecule has 3 aromatic heterocycles. The van der Waals surface area contributed by atoms with Gasteiger partial charge in [-0.3, -0.25) is 14.9 Å². The molecule has 2 N–H and O–H groups in total. The zero-order chi connectivity index (χ0) is 18.4. The third-order valence-corrected chi connectivity index (χ3v) is 4.74. The van der Waals surface area contributed by atoms with Crippen molar-refractivity contribution in [2.75, 3.05) is 11.1 Å². The van der Waals surface area contributed by atoms with Gasteiger partial charge in [-0.15, -0.1) is 20.4 Å². The molecule has 0 aliphatic carbocycles. The highest BCUT2D eigenvalue weighted by Gasteiger charge is 2.13. The lowest BCUT2D eigenvalue weighted by Crippen LogP contribution is -2.22. The molecule has 3 rings (SSSR count). The Labute approximate surface area is 155 Å². The predicted molar refractivity (Wildman–Crippen MR) is 92.8 cm³/mol. The second-order valence-electron chi connectivity index (χ2n) is 4.81. The number of hydrogen-bond acceptors (Lipinski definition) is 10. The van der Waals surface area contributed by atoms with Gasteiger partial charge in [0.2, 0.25) is 16.9 Å². The maximum atomic E-state index is 11.9. The van der Waals surface area contributed by atoms with Crippen LogP contribution in [0.15, 0.2) is 32.5 Å². The highest BCUT2D eigenvalue weighted by Crippen LogP contribution is 2.18. The normalized spacial score (nSPS) is 10.7. The molecule has 3 aromatic rings. The van der Waals surface area contributed by atoms with Crippen molar-refractivity contribution in [1.82, 2.24) is 25.7 Å². The largest absolute Gasteiger partial charge is 0.459 e. The summed E-state index contributed by atoms with van der Waals surface area (Å²) in [6.07, 6.45) is 2.18. The minimum Gasteiger partial charge on any atom is -0.459 e. The molecule has 12 heteroatoms. The summed E-state index contributed by atoms with van der Waals surface area (Å²) in [5.41, 5.74) is 0. The summed E-state index contributed by atoms with van der Waals surface area (Å²) in [5.74, 6) is -0.130. The van der Waals surface area contributed by atoms with Crippen LogP contribution in [-0.2, 0) is 17.8 Å². The molecule has 0 radical (unpaired) electrons. The average Bonchev–Trinajstić information content (AvgIpc) is 3.39. The first kappa shape index (κ1) is 18.1. The summed E-state index contributed by atoms with van der Waals surface area (Å²) < 4.78 is 10.3. The van der Waals surface area contributed by atoms with Crippen molar-refractivity contribution in [2.24, 2.45) is 0 Å². The van der Waals surface area contributed by atoms with Crippen molar-refractivity contribution < 1.29 is 18.4 Å². The SMILES string of the molecule is CCc1nnc(NC(=O)CSc2nnc(CNC(=O)c3ccco3)o2)s1. The summed E-state index contributed by atoms with van der Waals surface area (Å²) >= 11 is 2.42. The molecular weight excluding hydrogens is 380 g/mol. The molecule has 2 amide bonds. The van der Waals surface area contributed by atoms with E-state index in [4.69, 9.17) is 8.83 Å². The summed E-state index contributed by atoms with van der Waals surface area (Å²) in [5, 5.41) is 22.2. The molecule has 0 fully saturated rings. The second-order valence-corrected chi connectivity index (χ2v) is 6.80. The first-order valence-corrected chi connectivity index (χ1v) is 9.33. The number of hydrogen-bond donors (Lipinski definition) is 2. The Bertz CT molecular complexity index is 876. The van der Waals surface area contributed by atoms with Gasteiger partial charge in [-0.1, -0.05) is 30.0 Å². The second kappa shape index (κ2) is 8.58. The number of nitrogens with zero attached hydrogens (tertiary/aromatic N) is 4. The molecule has 0 unspecified atom stereocenters. The van der Waals surface area contributed by atoms with Gasteiger partial charge in [0, 0.05) is 0 Å². The van der Waals surface area contributed by atoms with Crippen molar-refractivity contribution in [2.45, 2.75) is 25.1 Å². The Balaban J connectivity index is 1.43. The van der Waals surface area contributed by atoms with Crippen molar-refractivity contribution in [3.8, 4) is 0 Å². The lowest BCUT2D eigenvalue weighted by Gasteiger charge is -1.99. The van der Waals surface area contributed by atoms with E-state index in [-0.39, 0.29) is 41.0 Å². The quantitative estimate of drug-likeness (QED) is 0.547. The Morgan fingerprint density at radius 3 is 2.88 bits per heavy atom. The number of carbonyl (C=O) groups excluding carboxylic acids is 2. The van der Waals surface area contributed by atoms with Crippen LogP contribution in [0.1, 0.15) is 28.4 Å². The molecule has 26 heavy (non-hydrogen) atoms. The van der Waals surface area contributed by atoms with E-state index in [1.165, 1.54) is 17.6 Å². The minimum atomic E-state index is -0.384. The van der Waals surface area contributed by atoms with Crippen LogP contribution in [0.4, 0.5) is 5.13 Å². The topological polar surface area (TPSA) is 136 Å².